The zero-order valence-corrected chi connectivity index (χ0v) is 22.6. The van der Waals surface area contributed by atoms with E-state index in [4.69, 9.17) is 14.2 Å². The van der Waals surface area contributed by atoms with Crippen LogP contribution >= 0.6 is 0 Å². The molecule has 1 unspecified atom stereocenters. The van der Waals surface area contributed by atoms with Gasteiger partial charge >= 0.3 is 0 Å². The lowest BCUT2D eigenvalue weighted by molar-refractivity contribution is -0.139. The van der Waals surface area contributed by atoms with E-state index in [1.54, 1.807) is 54.6 Å². The number of halogens is 1. The van der Waals surface area contributed by atoms with Crippen LogP contribution in [0.25, 0.3) is 0 Å². The van der Waals surface area contributed by atoms with Gasteiger partial charge in [-0.05, 0) is 53.1 Å². The van der Waals surface area contributed by atoms with Gasteiger partial charge in [-0.3, -0.25) is 9.59 Å². The van der Waals surface area contributed by atoms with Crippen molar-refractivity contribution in [3.05, 3.63) is 120 Å². The highest BCUT2D eigenvalue weighted by Gasteiger charge is 2.32. The standard InChI is InChI=1S/C32H31FN2O5/c1-38-26-11-7-10-24(19-26)31(32(37)34-28-17-16-27(39-2)20-29(28)40-3)35(21-23-12-14-25(33)15-13-23)30(36)18-22-8-5-4-6-9-22/h4-17,19-20,31H,18,21H2,1-3H3,(H,34,37). The van der Waals surface area contributed by atoms with Crippen molar-refractivity contribution in [3.63, 3.8) is 0 Å². The predicted octanol–water partition coefficient (Wildman–Crippen LogP) is 5.80. The molecule has 0 saturated heterocycles. The highest BCUT2D eigenvalue weighted by molar-refractivity contribution is 5.99. The predicted molar refractivity (Wildman–Crippen MR) is 151 cm³/mol. The first-order valence-electron chi connectivity index (χ1n) is 12.7. The third kappa shape index (κ3) is 6.96. The molecule has 0 aliphatic carbocycles. The van der Waals surface area contributed by atoms with E-state index in [1.165, 1.54) is 38.4 Å². The number of carbonyl (C=O) groups excluding carboxylic acids is 2. The van der Waals surface area contributed by atoms with Crippen LogP contribution in [-0.4, -0.2) is 38.0 Å². The van der Waals surface area contributed by atoms with Gasteiger partial charge in [0.25, 0.3) is 5.91 Å². The Morgan fingerprint density at radius 2 is 1.48 bits per heavy atom. The molecule has 0 aromatic heterocycles. The Labute approximate surface area is 233 Å². The van der Waals surface area contributed by atoms with Gasteiger partial charge in [0.2, 0.25) is 5.91 Å². The third-order valence-electron chi connectivity index (χ3n) is 6.42. The quantitative estimate of drug-likeness (QED) is 0.259. The van der Waals surface area contributed by atoms with Crippen LogP contribution in [0.1, 0.15) is 22.7 Å². The average molecular weight is 543 g/mol. The summed E-state index contributed by atoms with van der Waals surface area (Å²) in [6, 6.07) is 26.2. The number of hydrogen-bond donors (Lipinski definition) is 1. The van der Waals surface area contributed by atoms with Gasteiger partial charge in [0.05, 0.1) is 33.4 Å². The first kappa shape index (κ1) is 28.2. The Kier molecular flexibility index (Phi) is 9.35. The highest BCUT2D eigenvalue weighted by Crippen LogP contribution is 2.33. The van der Waals surface area contributed by atoms with Crippen molar-refractivity contribution in [2.45, 2.75) is 19.0 Å². The van der Waals surface area contributed by atoms with Crippen LogP contribution in [0.2, 0.25) is 0 Å². The van der Waals surface area contributed by atoms with E-state index >= 15 is 0 Å². The summed E-state index contributed by atoms with van der Waals surface area (Å²) in [6.07, 6.45) is 0.0711. The molecule has 40 heavy (non-hydrogen) atoms. The average Bonchev–Trinajstić information content (AvgIpc) is 2.98. The number of carbonyl (C=O) groups is 2. The van der Waals surface area contributed by atoms with Crippen molar-refractivity contribution in [1.29, 1.82) is 0 Å². The molecule has 0 aliphatic rings. The number of anilines is 1. The molecule has 1 atom stereocenters. The first-order chi connectivity index (χ1) is 19.4. The lowest BCUT2D eigenvalue weighted by Crippen LogP contribution is -2.41. The second kappa shape index (κ2) is 13.3. The molecular weight excluding hydrogens is 511 g/mol. The van der Waals surface area contributed by atoms with Crippen molar-refractivity contribution in [2.24, 2.45) is 0 Å². The number of rotatable bonds is 11. The fourth-order valence-corrected chi connectivity index (χ4v) is 4.37. The van der Waals surface area contributed by atoms with E-state index in [9.17, 15) is 14.0 Å². The van der Waals surface area contributed by atoms with Gasteiger partial charge in [-0.1, -0.05) is 54.6 Å². The number of methoxy groups -OCH3 is 3. The van der Waals surface area contributed by atoms with Crippen molar-refractivity contribution in [1.82, 2.24) is 4.90 Å². The second-order valence-corrected chi connectivity index (χ2v) is 9.05. The summed E-state index contributed by atoms with van der Waals surface area (Å²) in [4.78, 5) is 29.5. The molecular formula is C32H31FN2O5. The molecule has 0 radical (unpaired) electrons. The Morgan fingerprint density at radius 3 is 2.15 bits per heavy atom. The minimum Gasteiger partial charge on any atom is -0.497 e. The zero-order valence-electron chi connectivity index (χ0n) is 22.6. The Morgan fingerprint density at radius 1 is 0.775 bits per heavy atom. The van der Waals surface area contributed by atoms with E-state index in [0.29, 0.717) is 34.1 Å². The normalized spacial score (nSPS) is 11.3. The molecule has 8 heteroatoms. The first-order valence-corrected chi connectivity index (χ1v) is 12.7. The maximum absolute atomic E-state index is 14.1. The van der Waals surface area contributed by atoms with Crippen molar-refractivity contribution in [2.75, 3.05) is 26.6 Å². The molecule has 0 bridgehead atoms. The molecule has 7 nitrogen and oxygen atoms in total. The van der Waals surface area contributed by atoms with Crippen LogP contribution in [0, 0.1) is 5.82 Å². The number of benzene rings is 4. The van der Waals surface area contributed by atoms with Crippen LogP contribution in [0.3, 0.4) is 0 Å². The van der Waals surface area contributed by atoms with E-state index in [1.807, 2.05) is 30.3 Å². The SMILES string of the molecule is COc1cccc(C(C(=O)Nc2ccc(OC)cc2OC)N(Cc2ccc(F)cc2)C(=O)Cc2ccccc2)c1. The summed E-state index contributed by atoms with van der Waals surface area (Å²) >= 11 is 0. The highest BCUT2D eigenvalue weighted by atomic mass is 19.1. The zero-order chi connectivity index (χ0) is 28.5. The lowest BCUT2D eigenvalue weighted by Gasteiger charge is -2.32. The second-order valence-electron chi connectivity index (χ2n) is 9.05. The van der Waals surface area contributed by atoms with E-state index in [0.717, 1.165) is 5.56 Å². The van der Waals surface area contributed by atoms with Gasteiger partial charge in [0.15, 0.2) is 0 Å². The molecule has 0 aliphatic heterocycles. The summed E-state index contributed by atoms with van der Waals surface area (Å²) in [5, 5.41) is 2.93. The van der Waals surface area contributed by atoms with Gasteiger partial charge in [-0.15, -0.1) is 0 Å². The topological polar surface area (TPSA) is 77.1 Å². The fourth-order valence-electron chi connectivity index (χ4n) is 4.37. The molecule has 0 fully saturated rings. The molecule has 206 valence electrons. The summed E-state index contributed by atoms with van der Waals surface area (Å²) in [6.45, 7) is 0.0704. The van der Waals surface area contributed by atoms with Crippen LogP contribution in [0.15, 0.2) is 97.1 Å². The molecule has 0 spiro atoms. The number of nitrogens with one attached hydrogen (secondary N) is 1. The largest absolute Gasteiger partial charge is 0.497 e. The number of ether oxygens (including phenoxy) is 3. The molecule has 4 aromatic carbocycles. The summed E-state index contributed by atoms with van der Waals surface area (Å²) in [5.74, 6) is 0.377. The van der Waals surface area contributed by atoms with Gasteiger partial charge < -0.3 is 24.4 Å². The van der Waals surface area contributed by atoms with Crippen molar-refractivity contribution >= 4 is 17.5 Å². The smallest absolute Gasteiger partial charge is 0.251 e. The molecule has 4 aromatic rings. The van der Waals surface area contributed by atoms with Gasteiger partial charge in [0.1, 0.15) is 29.1 Å². The van der Waals surface area contributed by atoms with Crippen LogP contribution in [0.4, 0.5) is 10.1 Å². The number of hydrogen-bond acceptors (Lipinski definition) is 5. The maximum atomic E-state index is 14.1. The minimum atomic E-state index is -1.05. The number of nitrogens with zero attached hydrogens (tertiary/aromatic N) is 1. The van der Waals surface area contributed by atoms with Gasteiger partial charge in [-0.25, -0.2) is 4.39 Å². The van der Waals surface area contributed by atoms with Crippen molar-refractivity contribution < 1.29 is 28.2 Å². The summed E-state index contributed by atoms with van der Waals surface area (Å²) in [5.41, 5.74) is 2.44. The van der Waals surface area contributed by atoms with Crippen LogP contribution in [-0.2, 0) is 22.6 Å². The Hall–Kier alpha value is -4.85. The fraction of sp³-hybridized carbons (Fsp3) is 0.188. The Bertz CT molecular complexity index is 1440. The molecule has 4 rings (SSSR count). The van der Waals surface area contributed by atoms with Crippen molar-refractivity contribution in [3.8, 4) is 17.2 Å². The summed E-state index contributed by atoms with van der Waals surface area (Å²) < 4.78 is 29.9. The Balaban J connectivity index is 1.78. The summed E-state index contributed by atoms with van der Waals surface area (Å²) in [7, 11) is 4.57. The maximum Gasteiger partial charge on any atom is 0.251 e. The minimum absolute atomic E-state index is 0.0704. The van der Waals surface area contributed by atoms with E-state index in [-0.39, 0.29) is 24.7 Å². The van der Waals surface area contributed by atoms with E-state index < -0.39 is 11.9 Å². The van der Waals surface area contributed by atoms with Gasteiger partial charge in [-0.2, -0.15) is 0 Å². The third-order valence-corrected chi connectivity index (χ3v) is 6.42. The van der Waals surface area contributed by atoms with Gasteiger partial charge in [0, 0.05) is 12.6 Å². The van der Waals surface area contributed by atoms with Crippen LogP contribution in [0.5, 0.6) is 17.2 Å². The molecule has 0 heterocycles. The molecule has 2 amide bonds. The number of amides is 2. The lowest BCUT2D eigenvalue weighted by atomic mass is 10.0. The molecule has 0 saturated carbocycles. The van der Waals surface area contributed by atoms with Crippen LogP contribution < -0.4 is 19.5 Å². The molecule has 1 N–H and O–H groups in total. The van der Waals surface area contributed by atoms with E-state index in [2.05, 4.69) is 5.32 Å². The monoisotopic (exact) mass is 542 g/mol.